The van der Waals surface area contributed by atoms with E-state index in [1.807, 2.05) is 6.07 Å². The lowest BCUT2D eigenvalue weighted by Gasteiger charge is -2.01. The van der Waals surface area contributed by atoms with Crippen LogP contribution in [0, 0.1) is 0 Å². The monoisotopic (exact) mass is 139 g/mol. The first-order valence-corrected chi connectivity index (χ1v) is 2.90. The van der Waals surface area contributed by atoms with Crippen molar-refractivity contribution in [3.8, 4) is 5.75 Å². The highest BCUT2D eigenvalue weighted by molar-refractivity contribution is 5.14. The standard InChI is InChI=1S/C6H9N3O/c7-9-5-10-6-2-1-3-8-4-6/h1-4,9H,5,7H2. The highest BCUT2D eigenvalue weighted by Gasteiger charge is 1.87. The average molecular weight is 139 g/mol. The van der Waals surface area contributed by atoms with Gasteiger partial charge in [0.15, 0.2) is 6.73 Å². The number of ether oxygens (including phenoxy) is 1. The van der Waals surface area contributed by atoms with Crippen molar-refractivity contribution in [2.75, 3.05) is 6.73 Å². The Labute approximate surface area is 59.0 Å². The van der Waals surface area contributed by atoms with Crippen LogP contribution in [0.3, 0.4) is 0 Å². The second-order valence-electron chi connectivity index (χ2n) is 1.68. The van der Waals surface area contributed by atoms with Crippen molar-refractivity contribution in [2.24, 2.45) is 5.84 Å². The summed E-state index contributed by atoms with van der Waals surface area (Å²) < 4.78 is 5.06. The summed E-state index contributed by atoms with van der Waals surface area (Å²) in [6, 6.07) is 3.61. The van der Waals surface area contributed by atoms with E-state index in [9.17, 15) is 0 Å². The van der Waals surface area contributed by atoms with Crippen LogP contribution in [0.15, 0.2) is 24.5 Å². The molecule has 1 rings (SSSR count). The number of nitrogens with zero attached hydrogens (tertiary/aromatic N) is 1. The molecule has 0 saturated heterocycles. The maximum absolute atomic E-state index is 5.06. The lowest BCUT2D eigenvalue weighted by Crippen LogP contribution is -2.26. The van der Waals surface area contributed by atoms with Gasteiger partial charge in [0.25, 0.3) is 0 Å². The summed E-state index contributed by atoms with van der Waals surface area (Å²) in [6.45, 7) is 0.297. The highest BCUT2D eigenvalue weighted by Crippen LogP contribution is 2.04. The Morgan fingerprint density at radius 2 is 2.60 bits per heavy atom. The molecule has 0 unspecified atom stereocenters. The third-order valence-corrected chi connectivity index (χ3v) is 0.957. The van der Waals surface area contributed by atoms with Crippen molar-refractivity contribution in [3.63, 3.8) is 0 Å². The molecule has 1 aromatic rings. The van der Waals surface area contributed by atoms with Crippen LogP contribution < -0.4 is 16.0 Å². The summed E-state index contributed by atoms with van der Waals surface area (Å²) in [7, 11) is 0. The van der Waals surface area contributed by atoms with Crippen LogP contribution in [0.25, 0.3) is 0 Å². The Balaban J connectivity index is 2.43. The smallest absolute Gasteiger partial charge is 0.151 e. The zero-order chi connectivity index (χ0) is 7.23. The van der Waals surface area contributed by atoms with Crippen LogP contribution in [0.5, 0.6) is 5.75 Å². The predicted molar refractivity (Wildman–Crippen MR) is 37.1 cm³/mol. The minimum Gasteiger partial charge on any atom is -0.476 e. The SMILES string of the molecule is NNCOc1cccnc1. The molecule has 0 aliphatic rings. The Bertz CT molecular complexity index is 178. The van der Waals surface area contributed by atoms with E-state index >= 15 is 0 Å². The van der Waals surface area contributed by atoms with Crippen molar-refractivity contribution in [3.05, 3.63) is 24.5 Å². The molecule has 54 valence electrons. The van der Waals surface area contributed by atoms with Crippen LogP contribution in [-0.2, 0) is 0 Å². The van der Waals surface area contributed by atoms with Crippen LogP contribution in [-0.4, -0.2) is 11.7 Å². The molecular weight excluding hydrogens is 130 g/mol. The molecule has 4 heteroatoms. The molecule has 1 heterocycles. The molecule has 4 nitrogen and oxygen atoms in total. The minimum atomic E-state index is 0.297. The first-order valence-electron chi connectivity index (χ1n) is 2.90. The second-order valence-corrected chi connectivity index (χ2v) is 1.68. The van der Waals surface area contributed by atoms with Crippen molar-refractivity contribution in [1.29, 1.82) is 0 Å². The van der Waals surface area contributed by atoms with Gasteiger partial charge in [0, 0.05) is 6.20 Å². The zero-order valence-corrected chi connectivity index (χ0v) is 5.45. The molecule has 1 aromatic heterocycles. The van der Waals surface area contributed by atoms with E-state index in [4.69, 9.17) is 10.6 Å². The van der Waals surface area contributed by atoms with Crippen molar-refractivity contribution in [2.45, 2.75) is 0 Å². The maximum atomic E-state index is 5.06. The van der Waals surface area contributed by atoms with E-state index < -0.39 is 0 Å². The molecule has 0 fully saturated rings. The number of nitrogens with one attached hydrogen (secondary N) is 1. The zero-order valence-electron chi connectivity index (χ0n) is 5.45. The van der Waals surface area contributed by atoms with Gasteiger partial charge in [-0.2, -0.15) is 0 Å². The van der Waals surface area contributed by atoms with E-state index in [2.05, 4.69) is 10.4 Å². The van der Waals surface area contributed by atoms with Crippen molar-refractivity contribution in [1.82, 2.24) is 10.4 Å². The molecule has 3 N–H and O–H groups in total. The summed E-state index contributed by atoms with van der Waals surface area (Å²) >= 11 is 0. The highest BCUT2D eigenvalue weighted by atomic mass is 16.5. The molecule has 0 atom stereocenters. The van der Waals surface area contributed by atoms with Gasteiger partial charge in [0.2, 0.25) is 0 Å². The maximum Gasteiger partial charge on any atom is 0.151 e. The van der Waals surface area contributed by atoms with E-state index in [0.29, 0.717) is 12.5 Å². The first kappa shape index (κ1) is 6.98. The molecule has 0 spiro atoms. The van der Waals surface area contributed by atoms with Crippen molar-refractivity contribution < 1.29 is 4.74 Å². The van der Waals surface area contributed by atoms with Gasteiger partial charge in [-0.25, -0.2) is 5.43 Å². The largest absolute Gasteiger partial charge is 0.476 e. The van der Waals surface area contributed by atoms with Crippen molar-refractivity contribution >= 4 is 0 Å². The van der Waals surface area contributed by atoms with Crippen LogP contribution >= 0.6 is 0 Å². The van der Waals surface area contributed by atoms with Crippen LogP contribution in [0.1, 0.15) is 0 Å². The van der Waals surface area contributed by atoms with Gasteiger partial charge in [0.05, 0.1) is 6.20 Å². The molecule has 0 amide bonds. The van der Waals surface area contributed by atoms with E-state index in [1.54, 1.807) is 18.5 Å². The van der Waals surface area contributed by atoms with Gasteiger partial charge in [-0.15, -0.1) is 0 Å². The third kappa shape index (κ3) is 2.00. The van der Waals surface area contributed by atoms with Crippen LogP contribution in [0.4, 0.5) is 0 Å². The summed E-state index contributed by atoms with van der Waals surface area (Å²) in [5, 5.41) is 0. The molecular formula is C6H9N3O. The number of rotatable bonds is 3. The number of hydrogen-bond acceptors (Lipinski definition) is 4. The number of nitrogens with two attached hydrogens (primary N) is 1. The van der Waals surface area contributed by atoms with Gasteiger partial charge < -0.3 is 4.74 Å². The second kappa shape index (κ2) is 3.81. The van der Waals surface area contributed by atoms with Gasteiger partial charge in [0.1, 0.15) is 5.75 Å². The number of hydrogen-bond donors (Lipinski definition) is 2. The summed E-state index contributed by atoms with van der Waals surface area (Å²) in [5.74, 6) is 5.69. The van der Waals surface area contributed by atoms with E-state index in [-0.39, 0.29) is 0 Å². The summed E-state index contributed by atoms with van der Waals surface area (Å²) in [6.07, 6.45) is 3.31. The fraction of sp³-hybridized carbons (Fsp3) is 0.167. The summed E-state index contributed by atoms with van der Waals surface area (Å²) in [5.41, 5.74) is 2.37. The number of hydrazine groups is 1. The Morgan fingerprint density at radius 1 is 1.70 bits per heavy atom. The predicted octanol–water partition coefficient (Wildman–Crippen LogP) is -0.119. The minimum absolute atomic E-state index is 0.297. The Kier molecular flexibility index (Phi) is 2.66. The first-order chi connectivity index (χ1) is 4.93. The van der Waals surface area contributed by atoms with Gasteiger partial charge >= 0.3 is 0 Å². The number of pyridine rings is 1. The Hall–Kier alpha value is -1.13. The molecule has 0 aliphatic carbocycles. The molecule has 0 bridgehead atoms. The lowest BCUT2D eigenvalue weighted by atomic mass is 10.5. The summed E-state index contributed by atoms with van der Waals surface area (Å²) in [4.78, 5) is 3.84. The quantitative estimate of drug-likeness (QED) is 0.348. The average Bonchev–Trinajstić information content (AvgIpc) is 2.03. The van der Waals surface area contributed by atoms with E-state index in [0.717, 1.165) is 0 Å². The fourth-order valence-electron chi connectivity index (χ4n) is 0.557. The van der Waals surface area contributed by atoms with Crippen LogP contribution in [0.2, 0.25) is 0 Å². The third-order valence-electron chi connectivity index (χ3n) is 0.957. The number of aromatic nitrogens is 1. The topological polar surface area (TPSA) is 60.2 Å². The molecule has 0 radical (unpaired) electrons. The molecule has 0 aliphatic heterocycles. The molecule has 0 saturated carbocycles. The van der Waals surface area contributed by atoms with Gasteiger partial charge in [-0.05, 0) is 12.1 Å². The lowest BCUT2D eigenvalue weighted by molar-refractivity contribution is 0.285. The van der Waals surface area contributed by atoms with Gasteiger partial charge in [-0.3, -0.25) is 10.8 Å². The normalized spacial score (nSPS) is 9.30. The fourth-order valence-corrected chi connectivity index (χ4v) is 0.557. The molecule has 10 heavy (non-hydrogen) atoms. The Morgan fingerprint density at radius 3 is 3.20 bits per heavy atom. The van der Waals surface area contributed by atoms with E-state index in [1.165, 1.54) is 0 Å². The molecule has 0 aromatic carbocycles. The van der Waals surface area contributed by atoms with Gasteiger partial charge in [-0.1, -0.05) is 0 Å².